The molecule has 0 aromatic rings. The lowest BCUT2D eigenvalue weighted by atomic mass is 10.2. The Bertz CT molecular complexity index is 56.6. The van der Waals surface area contributed by atoms with Gasteiger partial charge in [0.2, 0.25) is 0 Å². The Morgan fingerprint density at radius 2 is 2.50 bits per heavy atom. The molecule has 1 atom stereocenters. The molecule has 2 heteroatoms. The average Bonchev–Trinajstić information content (AvgIpc) is 2.22. The standard InChI is InChI=1S/C4H7O2/c1-4(2-5)3-6-4/h2-3H2,1H3. The number of ether oxygens (including phenoxy) is 1. The largest absolute Gasteiger partial charge is 0.367 e. The van der Waals surface area contributed by atoms with Crippen LogP contribution in [0.3, 0.4) is 0 Å². The van der Waals surface area contributed by atoms with Crippen LogP contribution >= 0.6 is 0 Å². The molecule has 2 nitrogen and oxygen atoms in total. The molecule has 0 aliphatic carbocycles. The first-order valence-electron chi connectivity index (χ1n) is 1.99. The van der Waals surface area contributed by atoms with Gasteiger partial charge in [0.1, 0.15) is 12.2 Å². The van der Waals surface area contributed by atoms with E-state index in [-0.39, 0.29) is 12.2 Å². The Kier molecular flexibility index (Phi) is 0.648. The molecule has 35 valence electrons. The van der Waals surface area contributed by atoms with E-state index in [1.54, 1.807) is 0 Å². The lowest BCUT2D eigenvalue weighted by Crippen LogP contribution is -2.07. The van der Waals surface area contributed by atoms with E-state index in [9.17, 15) is 5.11 Å². The normalized spacial score (nSPS) is 43.0. The summed E-state index contributed by atoms with van der Waals surface area (Å²) >= 11 is 0. The van der Waals surface area contributed by atoms with Gasteiger partial charge in [0.05, 0.1) is 6.61 Å². The van der Waals surface area contributed by atoms with Crippen LogP contribution in [0.4, 0.5) is 0 Å². The van der Waals surface area contributed by atoms with Crippen molar-refractivity contribution in [2.45, 2.75) is 12.5 Å². The van der Waals surface area contributed by atoms with E-state index in [4.69, 9.17) is 4.74 Å². The highest BCUT2D eigenvalue weighted by atomic mass is 16.6. The third kappa shape index (κ3) is 0.533. The highest BCUT2D eigenvalue weighted by Gasteiger charge is 2.38. The first-order valence-corrected chi connectivity index (χ1v) is 1.99. The van der Waals surface area contributed by atoms with Crippen LogP contribution in [0.5, 0.6) is 0 Å². The van der Waals surface area contributed by atoms with E-state index in [1.165, 1.54) is 0 Å². The Labute approximate surface area is 36.7 Å². The number of rotatable bonds is 1. The fourth-order valence-electron chi connectivity index (χ4n) is 0.207. The van der Waals surface area contributed by atoms with Crippen molar-refractivity contribution in [3.8, 4) is 0 Å². The SMILES string of the molecule is CC1(C[O])CO1. The van der Waals surface area contributed by atoms with E-state index in [2.05, 4.69) is 0 Å². The predicted octanol–water partition coefficient (Wildman–Crippen LogP) is 0.206. The average molecular weight is 87.1 g/mol. The van der Waals surface area contributed by atoms with Gasteiger partial charge in [0, 0.05) is 0 Å². The third-order valence-corrected chi connectivity index (χ3v) is 0.942. The Morgan fingerprint density at radius 3 is 2.50 bits per heavy atom. The Hall–Kier alpha value is -0.0800. The van der Waals surface area contributed by atoms with Crippen LogP contribution < -0.4 is 0 Å². The van der Waals surface area contributed by atoms with Gasteiger partial charge in [-0.3, -0.25) is 0 Å². The second-order valence-corrected chi connectivity index (χ2v) is 1.88. The topological polar surface area (TPSA) is 32.4 Å². The van der Waals surface area contributed by atoms with Gasteiger partial charge in [-0.15, -0.1) is 0 Å². The summed E-state index contributed by atoms with van der Waals surface area (Å²) in [6.07, 6.45) is 0. The smallest absolute Gasteiger partial charge is 0.115 e. The molecule has 1 unspecified atom stereocenters. The van der Waals surface area contributed by atoms with Crippen LogP contribution in [0.1, 0.15) is 6.92 Å². The molecule has 0 saturated carbocycles. The molecular weight excluding hydrogens is 80.0 g/mol. The zero-order chi connectivity index (χ0) is 4.62. The van der Waals surface area contributed by atoms with E-state index in [0.717, 1.165) is 0 Å². The minimum absolute atomic E-state index is 0.0903. The molecule has 1 radical (unpaired) electrons. The highest BCUT2D eigenvalue weighted by molar-refractivity contribution is 4.85. The maximum Gasteiger partial charge on any atom is 0.115 e. The van der Waals surface area contributed by atoms with Crippen LogP contribution in [0.25, 0.3) is 0 Å². The third-order valence-electron chi connectivity index (χ3n) is 0.942. The second-order valence-electron chi connectivity index (χ2n) is 1.88. The van der Waals surface area contributed by atoms with Gasteiger partial charge in [-0.1, -0.05) is 0 Å². The van der Waals surface area contributed by atoms with Gasteiger partial charge < -0.3 is 4.74 Å². The van der Waals surface area contributed by atoms with Crippen molar-refractivity contribution in [3.05, 3.63) is 0 Å². The van der Waals surface area contributed by atoms with Crippen LogP contribution in [-0.4, -0.2) is 18.8 Å². The highest BCUT2D eigenvalue weighted by Crippen LogP contribution is 2.23. The molecule has 1 saturated heterocycles. The van der Waals surface area contributed by atoms with Crippen molar-refractivity contribution < 1.29 is 9.84 Å². The van der Waals surface area contributed by atoms with Crippen LogP contribution in [0.15, 0.2) is 0 Å². The van der Waals surface area contributed by atoms with Crippen molar-refractivity contribution in [1.29, 1.82) is 0 Å². The molecule has 0 N–H and O–H groups in total. The maximum absolute atomic E-state index is 9.89. The Balaban J connectivity index is 2.28. The van der Waals surface area contributed by atoms with Gasteiger partial charge >= 0.3 is 0 Å². The van der Waals surface area contributed by atoms with Gasteiger partial charge in [0.25, 0.3) is 0 Å². The minimum Gasteiger partial charge on any atom is -0.367 e. The number of hydrogen-bond donors (Lipinski definition) is 0. The summed E-state index contributed by atoms with van der Waals surface area (Å²) in [5, 5.41) is 9.89. The van der Waals surface area contributed by atoms with Crippen molar-refractivity contribution in [2.75, 3.05) is 13.2 Å². The number of hydrogen-bond acceptors (Lipinski definition) is 1. The monoisotopic (exact) mass is 87.0 g/mol. The number of epoxide rings is 1. The lowest BCUT2D eigenvalue weighted by molar-refractivity contribution is 0.121. The summed E-state index contributed by atoms with van der Waals surface area (Å²) in [6.45, 7) is 2.39. The second kappa shape index (κ2) is 0.950. The fourth-order valence-corrected chi connectivity index (χ4v) is 0.207. The van der Waals surface area contributed by atoms with Crippen molar-refractivity contribution >= 4 is 0 Å². The molecule has 0 aromatic heterocycles. The molecule has 6 heavy (non-hydrogen) atoms. The van der Waals surface area contributed by atoms with Gasteiger partial charge in [-0.2, -0.15) is 0 Å². The van der Waals surface area contributed by atoms with E-state index in [1.807, 2.05) is 6.92 Å². The van der Waals surface area contributed by atoms with E-state index < -0.39 is 0 Å². The zero-order valence-corrected chi connectivity index (χ0v) is 3.73. The summed E-state index contributed by atoms with van der Waals surface area (Å²) in [5.74, 6) is 0. The zero-order valence-electron chi connectivity index (χ0n) is 3.73. The first-order chi connectivity index (χ1) is 2.77. The summed E-state index contributed by atoms with van der Waals surface area (Å²) in [7, 11) is 0. The molecular formula is C4H7O2. The minimum atomic E-state index is -0.264. The fraction of sp³-hybridized carbons (Fsp3) is 1.00. The summed E-state index contributed by atoms with van der Waals surface area (Å²) in [5.41, 5.74) is -0.264. The maximum atomic E-state index is 9.89. The van der Waals surface area contributed by atoms with E-state index in [0.29, 0.717) is 6.61 Å². The quantitative estimate of drug-likeness (QED) is 0.420. The van der Waals surface area contributed by atoms with Gasteiger partial charge in [0.15, 0.2) is 0 Å². The molecule has 0 amide bonds. The summed E-state index contributed by atoms with van der Waals surface area (Å²) < 4.78 is 4.73. The molecule has 1 aliphatic rings. The predicted molar refractivity (Wildman–Crippen MR) is 19.9 cm³/mol. The van der Waals surface area contributed by atoms with Crippen molar-refractivity contribution in [1.82, 2.24) is 0 Å². The molecule has 0 bridgehead atoms. The van der Waals surface area contributed by atoms with Crippen LogP contribution in [0.2, 0.25) is 0 Å². The van der Waals surface area contributed by atoms with Gasteiger partial charge in [-0.05, 0) is 6.92 Å². The van der Waals surface area contributed by atoms with Crippen molar-refractivity contribution in [3.63, 3.8) is 0 Å². The molecule has 1 rings (SSSR count). The van der Waals surface area contributed by atoms with Crippen molar-refractivity contribution in [2.24, 2.45) is 0 Å². The summed E-state index contributed by atoms with van der Waals surface area (Å²) in [4.78, 5) is 0. The molecule has 0 aromatic carbocycles. The molecule has 0 spiro atoms. The van der Waals surface area contributed by atoms with Gasteiger partial charge in [-0.25, -0.2) is 5.11 Å². The summed E-state index contributed by atoms with van der Waals surface area (Å²) in [6, 6.07) is 0. The molecule has 1 aliphatic heterocycles. The van der Waals surface area contributed by atoms with Crippen LogP contribution in [0, 0.1) is 0 Å². The first kappa shape index (κ1) is 4.09. The van der Waals surface area contributed by atoms with E-state index >= 15 is 0 Å². The molecule has 1 heterocycles. The van der Waals surface area contributed by atoms with Crippen LogP contribution in [-0.2, 0) is 9.84 Å². The lowest BCUT2D eigenvalue weighted by Gasteiger charge is -1.89. The molecule has 1 fully saturated rings. The Morgan fingerprint density at radius 1 is 2.00 bits per heavy atom.